The second-order valence-corrected chi connectivity index (χ2v) is 5.00. The van der Waals surface area contributed by atoms with Crippen molar-refractivity contribution in [1.82, 2.24) is 9.97 Å². The highest BCUT2D eigenvalue weighted by Crippen LogP contribution is 2.22. The number of rotatable bonds is 3. The minimum absolute atomic E-state index is 0.300. The van der Waals surface area contributed by atoms with Gasteiger partial charge in [-0.05, 0) is 43.3 Å². The monoisotopic (exact) mass is 294 g/mol. The molecule has 110 valence electrons. The molecule has 0 spiro atoms. The van der Waals surface area contributed by atoms with E-state index in [1.54, 1.807) is 18.2 Å². The van der Waals surface area contributed by atoms with Gasteiger partial charge in [-0.15, -0.1) is 0 Å². The number of hydrogen-bond acceptors (Lipinski definition) is 4. The predicted octanol–water partition coefficient (Wildman–Crippen LogP) is 3.92. The maximum absolute atomic E-state index is 13.0. The number of nitrogen functional groups attached to an aromatic ring is 1. The molecule has 0 atom stereocenters. The van der Waals surface area contributed by atoms with Crippen molar-refractivity contribution in [2.24, 2.45) is 0 Å². The Bertz CT molecular complexity index is 783. The molecule has 0 fully saturated rings. The fourth-order valence-corrected chi connectivity index (χ4v) is 2.04. The first kappa shape index (κ1) is 14.0. The molecule has 3 rings (SSSR count). The molecule has 0 amide bonds. The minimum atomic E-state index is -0.300. The van der Waals surface area contributed by atoms with E-state index in [1.807, 2.05) is 31.2 Å². The van der Waals surface area contributed by atoms with Gasteiger partial charge in [-0.25, -0.2) is 14.4 Å². The van der Waals surface area contributed by atoms with E-state index in [4.69, 9.17) is 5.73 Å². The fraction of sp³-hybridized carbons (Fsp3) is 0.0588. The van der Waals surface area contributed by atoms with Crippen LogP contribution in [0.5, 0.6) is 0 Å². The maximum atomic E-state index is 13.0. The van der Waals surface area contributed by atoms with E-state index in [1.165, 1.54) is 17.7 Å². The van der Waals surface area contributed by atoms with Crippen molar-refractivity contribution in [2.45, 2.75) is 6.92 Å². The van der Waals surface area contributed by atoms with Gasteiger partial charge in [-0.1, -0.05) is 17.7 Å². The van der Waals surface area contributed by atoms with Gasteiger partial charge in [0.05, 0.1) is 0 Å². The Morgan fingerprint density at radius 2 is 1.64 bits per heavy atom. The molecule has 0 aliphatic heterocycles. The molecule has 0 saturated carbocycles. The highest BCUT2D eigenvalue weighted by atomic mass is 19.1. The Balaban J connectivity index is 1.92. The number of aryl methyl sites for hydroxylation is 1. The second-order valence-electron chi connectivity index (χ2n) is 5.00. The number of anilines is 3. The molecule has 2 aromatic carbocycles. The van der Waals surface area contributed by atoms with Gasteiger partial charge in [-0.3, -0.25) is 0 Å². The summed E-state index contributed by atoms with van der Waals surface area (Å²) in [6, 6.07) is 15.6. The first-order chi connectivity index (χ1) is 10.6. The van der Waals surface area contributed by atoms with Crippen LogP contribution in [0.25, 0.3) is 11.4 Å². The molecule has 0 unspecified atom stereocenters. The van der Waals surface area contributed by atoms with Crippen LogP contribution >= 0.6 is 0 Å². The zero-order valence-electron chi connectivity index (χ0n) is 12.0. The molecule has 3 aromatic rings. The lowest BCUT2D eigenvalue weighted by molar-refractivity contribution is 0.628. The summed E-state index contributed by atoms with van der Waals surface area (Å²) < 4.78 is 13.0. The van der Waals surface area contributed by atoms with Gasteiger partial charge in [0.15, 0.2) is 5.82 Å². The zero-order chi connectivity index (χ0) is 15.5. The van der Waals surface area contributed by atoms with Gasteiger partial charge in [0.2, 0.25) is 0 Å². The molecular formula is C17H15FN4. The van der Waals surface area contributed by atoms with E-state index < -0.39 is 0 Å². The number of hydrogen-bond donors (Lipinski definition) is 2. The Morgan fingerprint density at radius 3 is 2.32 bits per heavy atom. The average Bonchev–Trinajstić information content (AvgIpc) is 2.50. The first-order valence-electron chi connectivity index (χ1n) is 6.84. The summed E-state index contributed by atoms with van der Waals surface area (Å²) in [5.41, 5.74) is 8.64. The Kier molecular flexibility index (Phi) is 3.70. The molecule has 1 heterocycles. The maximum Gasteiger partial charge on any atom is 0.163 e. The van der Waals surface area contributed by atoms with Gasteiger partial charge in [0.1, 0.15) is 17.5 Å². The normalized spacial score (nSPS) is 10.5. The molecule has 22 heavy (non-hydrogen) atoms. The van der Waals surface area contributed by atoms with Crippen molar-refractivity contribution >= 4 is 17.3 Å². The third-order valence-electron chi connectivity index (χ3n) is 3.17. The van der Waals surface area contributed by atoms with E-state index in [0.717, 1.165) is 5.69 Å². The number of aromatic nitrogens is 2. The SMILES string of the molecule is Cc1ccc(Nc2cc(N)nc(-c3ccc(F)cc3)n2)cc1. The number of nitrogens with zero attached hydrogens (tertiary/aromatic N) is 2. The van der Waals surface area contributed by atoms with Crippen LogP contribution in [0.15, 0.2) is 54.6 Å². The molecule has 3 N–H and O–H groups in total. The van der Waals surface area contributed by atoms with Crippen molar-refractivity contribution in [3.8, 4) is 11.4 Å². The third-order valence-corrected chi connectivity index (χ3v) is 3.17. The van der Waals surface area contributed by atoms with Gasteiger partial charge in [0, 0.05) is 17.3 Å². The summed E-state index contributed by atoms with van der Waals surface area (Å²) in [6.07, 6.45) is 0. The Hall–Kier alpha value is -2.95. The van der Waals surface area contributed by atoms with Crippen LogP contribution in [-0.2, 0) is 0 Å². The van der Waals surface area contributed by atoms with Crippen molar-refractivity contribution in [3.63, 3.8) is 0 Å². The standard InChI is InChI=1S/C17H15FN4/c1-11-2-8-14(9-3-11)20-16-10-15(19)21-17(22-16)12-4-6-13(18)7-5-12/h2-10H,1H3,(H3,19,20,21,22). The summed E-state index contributed by atoms with van der Waals surface area (Å²) >= 11 is 0. The predicted molar refractivity (Wildman–Crippen MR) is 86.3 cm³/mol. The third kappa shape index (κ3) is 3.20. The van der Waals surface area contributed by atoms with E-state index in [-0.39, 0.29) is 5.82 Å². The van der Waals surface area contributed by atoms with E-state index in [9.17, 15) is 4.39 Å². The molecule has 0 aliphatic carbocycles. The van der Waals surface area contributed by atoms with Crippen molar-refractivity contribution < 1.29 is 4.39 Å². The van der Waals surface area contributed by atoms with Crippen LogP contribution in [0.4, 0.5) is 21.7 Å². The van der Waals surface area contributed by atoms with Gasteiger partial charge in [0.25, 0.3) is 0 Å². The molecular weight excluding hydrogens is 279 g/mol. The Labute approximate surface area is 127 Å². The molecule has 4 nitrogen and oxygen atoms in total. The lowest BCUT2D eigenvalue weighted by Gasteiger charge is -2.09. The summed E-state index contributed by atoms with van der Waals surface area (Å²) in [4.78, 5) is 8.62. The van der Waals surface area contributed by atoms with Crippen LogP contribution in [0.1, 0.15) is 5.56 Å². The summed E-state index contributed by atoms with van der Waals surface area (Å²) in [5, 5.41) is 3.19. The van der Waals surface area contributed by atoms with Crippen LogP contribution < -0.4 is 11.1 Å². The molecule has 0 radical (unpaired) electrons. The quantitative estimate of drug-likeness (QED) is 0.768. The lowest BCUT2D eigenvalue weighted by Crippen LogP contribution is -2.01. The molecule has 0 bridgehead atoms. The summed E-state index contributed by atoms with van der Waals surface area (Å²) in [6.45, 7) is 2.03. The zero-order valence-corrected chi connectivity index (χ0v) is 12.0. The summed E-state index contributed by atoms with van der Waals surface area (Å²) in [7, 11) is 0. The average molecular weight is 294 g/mol. The lowest BCUT2D eigenvalue weighted by atomic mass is 10.2. The topological polar surface area (TPSA) is 63.8 Å². The van der Waals surface area contributed by atoms with E-state index in [0.29, 0.717) is 23.0 Å². The highest BCUT2D eigenvalue weighted by Gasteiger charge is 2.06. The Morgan fingerprint density at radius 1 is 0.955 bits per heavy atom. The van der Waals surface area contributed by atoms with Crippen molar-refractivity contribution in [1.29, 1.82) is 0 Å². The number of nitrogens with one attached hydrogen (secondary N) is 1. The molecule has 5 heteroatoms. The van der Waals surface area contributed by atoms with E-state index in [2.05, 4.69) is 15.3 Å². The fourth-order valence-electron chi connectivity index (χ4n) is 2.04. The van der Waals surface area contributed by atoms with Crippen LogP contribution in [-0.4, -0.2) is 9.97 Å². The minimum Gasteiger partial charge on any atom is -0.384 e. The summed E-state index contributed by atoms with van der Waals surface area (Å²) in [5.74, 6) is 1.10. The van der Waals surface area contributed by atoms with Gasteiger partial charge < -0.3 is 11.1 Å². The van der Waals surface area contributed by atoms with Crippen molar-refractivity contribution in [3.05, 3.63) is 66.0 Å². The van der Waals surface area contributed by atoms with Crippen molar-refractivity contribution in [2.75, 3.05) is 11.1 Å². The van der Waals surface area contributed by atoms with Crippen LogP contribution in [0.2, 0.25) is 0 Å². The van der Waals surface area contributed by atoms with Gasteiger partial charge >= 0.3 is 0 Å². The first-order valence-corrected chi connectivity index (χ1v) is 6.84. The number of benzene rings is 2. The number of nitrogens with two attached hydrogens (primary N) is 1. The van der Waals surface area contributed by atoms with E-state index >= 15 is 0 Å². The smallest absolute Gasteiger partial charge is 0.163 e. The van der Waals surface area contributed by atoms with Gasteiger partial charge in [-0.2, -0.15) is 0 Å². The molecule has 1 aromatic heterocycles. The van der Waals surface area contributed by atoms with Crippen LogP contribution in [0, 0.1) is 12.7 Å². The number of halogens is 1. The largest absolute Gasteiger partial charge is 0.384 e. The molecule has 0 saturated heterocycles. The second kappa shape index (κ2) is 5.81. The highest BCUT2D eigenvalue weighted by molar-refractivity contribution is 5.64. The van der Waals surface area contributed by atoms with Crippen LogP contribution in [0.3, 0.4) is 0 Å². The molecule has 0 aliphatic rings.